The van der Waals surface area contributed by atoms with Gasteiger partial charge in [0.1, 0.15) is 22.0 Å². The first-order valence-corrected chi connectivity index (χ1v) is 15.8. The molecule has 2 aliphatic carbocycles. The number of benzene rings is 2. The smallest absolute Gasteiger partial charge is 0.280 e. The number of nitro benzene ring substituents is 1. The molecule has 1 aromatic heterocycles. The summed E-state index contributed by atoms with van der Waals surface area (Å²) in [5.41, 5.74) is -2.09. The number of carbonyl (C=O) groups excluding carboxylic acids is 2. The molecule has 3 heterocycles. The molecular weight excluding hydrogens is 590 g/mol. The van der Waals surface area contributed by atoms with Crippen molar-refractivity contribution in [1.82, 2.24) is 19.5 Å². The molecule has 0 radical (unpaired) electrons. The van der Waals surface area contributed by atoms with Gasteiger partial charge in [-0.1, -0.05) is 31.2 Å². The van der Waals surface area contributed by atoms with E-state index in [-0.39, 0.29) is 52.2 Å². The Morgan fingerprint density at radius 1 is 1.18 bits per heavy atom. The highest BCUT2D eigenvalue weighted by molar-refractivity contribution is 7.89. The molecule has 13 nitrogen and oxygen atoms in total. The molecule has 2 fully saturated rings. The van der Waals surface area contributed by atoms with Gasteiger partial charge in [-0.05, 0) is 55.5 Å². The number of aliphatic hydroxyl groups is 1. The van der Waals surface area contributed by atoms with Crippen molar-refractivity contribution in [3.63, 3.8) is 0 Å². The number of aromatic nitrogens is 1. The normalized spacial score (nSPS) is 27.8. The number of amides is 1. The Labute approximate surface area is 253 Å². The van der Waals surface area contributed by atoms with Gasteiger partial charge in [0.2, 0.25) is 11.3 Å². The molecule has 4 unspecified atom stereocenters. The summed E-state index contributed by atoms with van der Waals surface area (Å²) >= 11 is 0. The maximum Gasteiger partial charge on any atom is 0.280 e. The maximum atomic E-state index is 14.3. The summed E-state index contributed by atoms with van der Waals surface area (Å²) in [5.74, 6) is -3.48. The second-order valence-corrected chi connectivity index (χ2v) is 14.1. The van der Waals surface area contributed by atoms with Crippen molar-refractivity contribution in [3.05, 3.63) is 86.1 Å². The van der Waals surface area contributed by atoms with Crippen LogP contribution in [-0.4, -0.2) is 77.6 Å². The van der Waals surface area contributed by atoms with Gasteiger partial charge in [-0.15, -0.1) is 0 Å². The molecular formula is C30H31N5O8S. The van der Waals surface area contributed by atoms with E-state index in [4.69, 9.17) is 4.74 Å². The first-order chi connectivity index (χ1) is 20.8. The van der Waals surface area contributed by atoms with Crippen LogP contribution >= 0.6 is 0 Å². The van der Waals surface area contributed by atoms with Crippen LogP contribution in [0.4, 0.5) is 5.69 Å². The number of carbonyl (C=O) groups is 2. The second-order valence-electron chi connectivity index (χ2n) is 12.2. The van der Waals surface area contributed by atoms with E-state index in [2.05, 4.69) is 17.2 Å². The standard InChI is InChI=1S/C30H31N5O8S/c1-16-13-20(16)18-7-8-21-23(15-18)43-30(38)25-19(5-4-6-22(25)35(39)40)27(36)29(21,30)32-28(37)26-17(2)14-24(31-26)44(41,42)34-11-9-33(3)10-12-34/h4-8,14-16,20,31,38H,9-13H2,1-3H3,(H,32,37). The van der Waals surface area contributed by atoms with E-state index in [1.165, 1.54) is 22.5 Å². The Balaban J connectivity index is 1.32. The number of aromatic amines is 1. The zero-order chi connectivity index (χ0) is 31.3. The molecule has 3 N–H and O–H groups in total. The van der Waals surface area contributed by atoms with Crippen LogP contribution in [0.5, 0.6) is 5.75 Å². The number of aryl methyl sites for hydroxylation is 1. The fourth-order valence-electron chi connectivity index (χ4n) is 6.83. The molecule has 4 atom stereocenters. The molecule has 44 heavy (non-hydrogen) atoms. The second kappa shape index (κ2) is 9.44. The molecule has 4 aliphatic rings. The van der Waals surface area contributed by atoms with E-state index in [0.29, 0.717) is 24.6 Å². The van der Waals surface area contributed by atoms with E-state index in [0.717, 1.165) is 18.1 Å². The summed E-state index contributed by atoms with van der Waals surface area (Å²) in [4.78, 5) is 44.4. The molecule has 1 saturated heterocycles. The summed E-state index contributed by atoms with van der Waals surface area (Å²) in [5, 5.41) is 26.8. The van der Waals surface area contributed by atoms with Crippen molar-refractivity contribution in [2.75, 3.05) is 33.2 Å². The lowest BCUT2D eigenvalue weighted by Gasteiger charge is -2.34. The number of sulfonamides is 1. The molecule has 1 amide bonds. The first-order valence-electron chi connectivity index (χ1n) is 14.4. The fourth-order valence-corrected chi connectivity index (χ4v) is 8.31. The van der Waals surface area contributed by atoms with Crippen LogP contribution in [0.25, 0.3) is 0 Å². The molecule has 14 heteroatoms. The lowest BCUT2D eigenvalue weighted by Crippen LogP contribution is -2.60. The summed E-state index contributed by atoms with van der Waals surface area (Å²) in [7, 11) is -2.05. The maximum absolute atomic E-state index is 14.3. The third kappa shape index (κ3) is 3.84. The number of ketones is 1. The molecule has 1 saturated carbocycles. The minimum Gasteiger partial charge on any atom is -0.454 e. The van der Waals surface area contributed by atoms with Crippen LogP contribution in [0.15, 0.2) is 47.5 Å². The van der Waals surface area contributed by atoms with E-state index >= 15 is 0 Å². The number of hydrogen-bond donors (Lipinski definition) is 3. The number of nitrogens with zero attached hydrogens (tertiary/aromatic N) is 3. The lowest BCUT2D eigenvalue weighted by atomic mass is 9.82. The minimum absolute atomic E-state index is 0.128. The minimum atomic E-state index is -3.95. The third-order valence-electron chi connectivity index (χ3n) is 9.47. The molecule has 2 aromatic carbocycles. The van der Waals surface area contributed by atoms with Gasteiger partial charge < -0.3 is 25.0 Å². The number of nitrogens with one attached hydrogen (secondary N) is 2. The van der Waals surface area contributed by atoms with Gasteiger partial charge in [-0.3, -0.25) is 19.7 Å². The highest BCUT2D eigenvalue weighted by atomic mass is 32.2. The number of fused-ring (bicyclic) bond motifs is 5. The zero-order valence-electron chi connectivity index (χ0n) is 24.3. The zero-order valence-corrected chi connectivity index (χ0v) is 25.1. The molecule has 0 bridgehead atoms. The van der Waals surface area contributed by atoms with E-state index < -0.39 is 43.7 Å². The third-order valence-corrected chi connectivity index (χ3v) is 11.3. The first kappa shape index (κ1) is 28.6. The quantitative estimate of drug-likeness (QED) is 0.276. The number of rotatable bonds is 6. The fraction of sp³-hybridized carbons (Fsp3) is 0.400. The Kier molecular flexibility index (Phi) is 6.15. The highest BCUT2D eigenvalue weighted by Gasteiger charge is 2.73. The Morgan fingerprint density at radius 2 is 1.89 bits per heavy atom. The Morgan fingerprint density at radius 3 is 2.55 bits per heavy atom. The van der Waals surface area contributed by atoms with Crippen LogP contribution in [-0.2, 0) is 21.3 Å². The number of Topliss-reactive ketones (excluding diaryl/α,β-unsaturated/α-hetero) is 1. The van der Waals surface area contributed by atoms with E-state index in [1.54, 1.807) is 25.1 Å². The van der Waals surface area contributed by atoms with Crippen LogP contribution in [0, 0.1) is 23.0 Å². The number of H-pyrrole nitrogens is 1. The van der Waals surface area contributed by atoms with Crippen molar-refractivity contribution >= 4 is 27.4 Å². The Bertz CT molecular complexity index is 1880. The molecule has 2 aliphatic heterocycles. The average molecular weight is 622 g/mol. The predicted octanol–water partition coefficient (Wildman–Crippen LogP) is 2.35. The lowest BCUT2D eigenvalue weighted by molar-refractivity contribution is -0.388. The van der Waals surface area contributed by atoms with Crippen LogP contribution in [0.1, 0.15) is 62.4 Å². The van der Waals surface area contributed by atoms with Crippen LogP contribution in [0.2, 0.25) is 0 Å². The van der Waals surface area contributed by atoms with Crippen molar-refractivity contribution in [2.24, 2.45) is 5.92 Å². The molecule has 3 aromatic rings. The van der Waals surface area contributed by atoms with Crippen molar-refractivity contribution in [3.8, 4) is 5.75 Å². The highest BCUT2D eigenvalue weighted by Crippen LogP contribution is 2.61. The Hall–Kier alpha value is -4.11. The van der Waals surface area contributed by atoms with E-state index in [9.17, 15) is 33.2 Å². The molecule has 7 rings (SSSR count). The van der Waals surface area contributed by atoms with Crippen LogP contribution < -0.4 is 10.1 Å². The summed E-state index contributed by atoms with van der Waals surface area (Å²) in [6.07, 6.45) is 0.962. The van der Waals surface area contributed by atoms with Gasteiger partial charge in [-0.25, -0.2) is 8.42 Å². The summed E-state index contributed by atoms with van der Waals surface area (Å²) in [6.45, 7) is 5.34. The molecule has 0 spiro atoms. The largest absolute Gasteiger partial charge is 0.454 e. The predicted molar refractivity (Wildman–Crippen MR) is 156 cm³/mol. The average Bonchev–Trinajstić information content (AvgIpc) is 3.42. The summed E-state index contributed by atoms with van der Waals surface area (Å²) < 4.78 is 34.2. The summed E-state index contributed by atoms with van der Waals surface area (Å²) in [6, 6.07) is 10.3. The number of piperazine rings is 1. The number of ether oxygens (including phenoxy) is 1. The van der Waals surface area contributed by atoms with Gasteiger partial charge in [0, 0.05) is 43.4 Å². The monoisotopic (exact) mass is 621 g/mol. The number of likely N-dealkylation sites (N-methyl/N-ethyl adjacent to an activating group) is 1. The van der Waals surface area contributed by atoms with Gasteiger partial charge in [0.05, 0.1) is 4.92 Å². The number of hydrogen-bond acceptors (Lipinski definition) is 9. The topological polar surface area (TPSA) is 175 Å². The van der Waals surface area contributed by atoms with Gasteiger partial charge in [0.15, 0.2) is 0 Å². The van der Waals surface area contributed by atoms with Crippen molar-refractivity contribution in [1.29, 1.82) is 0 Å². The van der Waals surface area contributed by atoms with Gasteiger partial charge in [-0.2, -0.15) is 4.31 Å². The van der Waals surface area contributed by atoms with Crippen molar-refractivity contribution < 1.29 is 32.8 Å². The SMILES string of the molecule is Cc1cc(S(=O)(=O)N2CCN(C)CC2)[nH]c1C(=O)NC12C(=O)c3cccc([N+](=O)[O-])c3C1(O)Oc1cc(C3CC3C)ccc12. The van der Waals surface area contributed by atoms with Crippen molar-refractivity contribution in [2.45, 2.75) is 42.5 Å². The van der Waals surface area contributed by atoms with Crippen LogP contribution in [0.3, 0.4) is 0 Å². The number of nitro groups is 1. The van der Waals surface area contributed by atoms with E-state index in [1.807, 2.05) is 11.9 Å². The van der Waals surface area contributed by atoms with Gasteiger partial charge >= 0.3 is 0 Å². The molecule has 230 valence electrons. The van der Waals surface area contributed by atoms with Gasteiger partial charge in [0.25, 0.3) is 27.4 Å².